The first-order valence-corrected chi connectivity index (χ1v) is 10.7. The molecule has 1 aromatic carbocycles. The third kappa shape index (κ3) is 4.56. The summed E-state index contributed by atoms with van der Waals surface area (Å²) in [6.07, 6.45) is 3.16. The lowest BCUT2D eigenvalue weighted by molar-refractivity contribution is -0.129. The summed E-state index contributed by atoms with van der Waals surface area (Å²) in [7, 11) is -5.54. The van der Waals surface area contributed by atoms with E-state index in [-0.39, 0.29) is 18.1 Å². The molecule has 0 saturated carbocycles. The van der Waals surface area contributed by atoms with E-state index in [9.17, 15) is 26.4 Å². The summed E-state index contributed by atoms with van der Waals surface area (Å²) in [5.41, 5.74) is -4.69. The number of halogens is 3. The van der Waals surface area contributed by atoms with Crippen molar-refractivity contribution in [3.05, 3.63) is 57.8 Å². The predicted molar refractivity (Wildman–Crippen MR) is 102 cm³/mol. The minimum Gasteiger partial charge on any atom is -0.335 e. The van der Waals surface area contributed by atoms with Gasteiger partial charge in [0.15, 0.2) is 0 Å². The van der Waals surface area contributed by atoms with Crippen LogP contribution in [0.1, 0.15) is 23.3 Å². The highest BCUT2D eigenvalue weighted by Crippen LogP contribution is 2.29. The lowest BCUT2D eigenvalue weighted by Gasteiger charge is -2.29. The maximum absolute atomic E-state index is 12.8. The third-order valence-corrected chi connectivity index (χ3v) is 6.14. The number of amides is 1. The van der Waals surface area contributed by atoms with Crippen molar-refractivity contribution in [1.82, 2.24) is 4.90 Å². The Bertz CT molecular complexity index is 984. The molecule has 0 radical (unpaired) electrons. The summed E-state index contributed by atoms with van der Waals surface area (Å²) >= 11 is 1.50. The summed E-state index contributed by atoms with van der Waals surface area (Å²) in [5, 5.41) is 1.90. The van der Waals surface area contributed by atoms with Crippen LogP contribution >= 0.6 is 11.3 Å². The number of piperidine rings is 1. The van der Waals surface area contributed by atoms with E-state index in [1.54, 1.807) is 10.8 Å². The van der Waals surface area contributed by atoms with Gasteiger partial charge in [0.2, 0.25) is 5.91 Å². The second kappa shape index (κ2) is 7.96. The molecule has 0 aliphatic carbocycles. The average molecular weight is 430 g/mol. The van der Waals surface area contributed by atoms with Crippen molar-refractivity contribution < 1.29 is 26.4 Å². The molecule has 150 valence electrons. The van der Waals surface area contributed by atoms with Crippen molar-refractivity contribution in [2.45, 2.75) is 24.9 Å². The first-order chi connectivity index (χ1) is 13.2. The van der Waals surface area contributed by atoms with Crippen molar-refractivity contribution in [2.75, 3.05) is 11.3 Å². The van der Waals surface area contributed by atoms with E-state index in [1.165, 1.54) is 34.4 Å². The molecule has 1 amide bonds. The molecule has 10 heteroatoms. The molecule has 0 unspecified atom stereocenters. The molecule has 3 rings (SSSR count). The van der Waals surface area contributed by atoms with Crippen molar-refractivity contribution in [3.8, 4) is 0 Å². The first kappa shape index (κ1) is 20.4. The summed E-state index contributed by atoms with van der Waals surface area (Å²) in [5.74, 6) is -0.201. The number of hydrogen-bond donors (Lipinski definition) is 1. The molecule has 1 aliphatic rings. The van der Waals surface area contributed by atoms with Crippen LogP contribution in [0.3, 0.4) is 0 Å². The molecule has 1 saturated heterocycles. The minimum absolute atomic E-state index is 0.0111. The van der Waals surface area contributed by atoms with Gasteiger partial charge in [0.05, 0.1) is 5.69 Å². The Labute approximate surface area is 164 Å². The molecule has 1 N–H and O–H groups in total. The van der Waals surface area contributed by atoms with Crippen LogP contribution in [-0.4, -0.2) is 31.3 Å². The Kier molecular flexibility index (Phi) is 5.80. The molecule has 0 atom stereocenters. The molecule has 1 aromatic heterocycles. The van der Waals surface area contributed by atoms with E-state index >= 15 is 0 Å². The summed E-state index contributed by atoms with van der Waals surface area (Å²) in [6.45, 7) is 0.456. The fraction of sp³-hybridized carbons (Fsp3) is 0.278. The van der Waals surface area contributed by atoms with Crippen LogP contribution in [0, 0.1) is 0 Å². The Morgan fingerprint density at radius 2 is 1.93 bits per heavy atom. The highest BCUT2D eigenvalue weighted by atomic mass is 32.2. The number of nitrogens with one attached hydrogen (secondary N) is 1. The lowest BCUT2D eigenvalue weighted by Crippen LogP contribution is -2.37. The van der Waals surface area contributed by atoms with E-state index in [4.69, 9.17) is 0 Å². The predicted octanol–water partition coefficient (Wildman–Crippen LogP) is 4.22. The number of carbonyl (C=O) groups is 1. The topological polar surface area (TPSA) is 66.5 Å². The number of likely N-dealkylation sites (tertiary alicyclic amines) is 1. The standard InChI is InChI=1S/C18H17F3N2O3S2/c19-18(20,21)28(25,26)22-16-8-2-1-5-14(16)12-23-9-3-6-13(17(23)24)11-15-7-4-10-27-15/h1-2,4-5,7-8,10-11,22H,3,6,9,12H2/b13-11+. The van der Waals surface area contributed by atoms with E-state index < -0.39 is 15.5 Å². The van der Waals surface area contributed by atoms with Crippen LogP contribution in [0.25, 0.3) is 6.08 Å². The normalized spacial score (nSPS) is 17.2. The highest BCUT2D eigenvalue weighted by Gasteiger charge is 2.46. The maximum Gasteiger partial charge on any atom is 0.516 e. The molecule has 2 aromatic rings. The minimum atomic E-state index is -5.54. The summed E-state index contributed by atoms with van der Waals surface area (Å²) in [6, 6.07) is 9.53. The number of benzene rings is 1. The summed E-state index contributed by atoms with van der Waals surface area (Å²) in [4.78, 5) is 15.2. The second-order valence-electron chi connectivity index (χ2n) is 6.22. The number of alkyl halides is 3. The quantitative estimate of drug-likeness (QED) is 0.723. The van der Waals surface area contributed by atoms with Crippen molar-refractivity contribution in [3.63, 3.8) is 0 Å². The zero-order valence-corrected chi connectivity index (χ0v) is 16.2. The van der Waals surface area contributed by atoms with Gasteiger partial charge in [-0.25, -0.2) is 0 Å². The smallest absolute Gasteiger partial charge is 0.335 e. The monoisotopic (exact) mass is 430 g/mol. The van der Waals surface area contributed by atoms with E-state index in [0.29, 0.717) is 24.1 Å². The molecular formula is C18H17F3N2O3S2. The third-order valence-electron chi connectivity index (χ3n) is 4.22. The van der Waals surface area contributed by atoms with E-state index in [2.05, 4.69) is 0 Å². The van der Waals surface area contributed by atoms with E-state index in [1.807, 2.05) is 23.6 Å². The Morgan fingerprint density at radius 1 is 1.18 bits per heavy atom. The van der Waals surface area contributed by atoms with Gasteiger partial charge in [-0.2, -0.15) is 21.6 Å². The first-order valence-electron chi connectivity index (χ1n) is 8.38. The van der Waals surface area contributed by atoms with Gasteiger partial charge >= 0.3 is 15.5 Å². The molecule has 1 fully saturated rings. The lowest BCUT2D eigenvalue weighted by atomic mass is 10.0. The van der Waals surface area contributed by atoms with Gasteiger partial charge in [-0.15, -0.1) is 11.3 Å². The van der Waals surface area contributed by atoms with Crippen LogP contribution in [0.15, 0.2) is 47.4 Å². The van der Waals surface area contributed by atoms with Crippen LogP contribution in [0.2, 0.25) is 0 Å². The van der Waals surface area contributed by atoms with Crippen molar-refractivity contribution in [2.24, 2.45) is 0 Å². The van der Waals surface area contributed by atoms with Gasteiger partial charge in [0.25, 0.3) is 0 Å². The maximum atomic E-state index is 12.8. The zero-order valence-electron chi connectivity index (χ0n) is 14.6. The Morgan fingerprint density at radius 3 is 2.61 bits per heavy atom. The second-order valence-corrected chi connectivity index (χ2v) is 8.88. The fourth-order valence-corrected chi connectivity index (χ4v) is 4.15. The number of para-hydroxylation sites is 1. The number of sulfonamides is 1. The summed E-state index contributed by atoms with van der Waals surface area (Å²) < 4.78 is 62.5. The largest absolute Gasteiger partial charge is 0.516 e. The number of thiophene rings is 1. The van der Waals surface area contributed by atoms with Gasteiger partial charge in [-0.1, -0.05) is 24.3 Å². The number of hydrogen-bond acceptors (Lipinski definition) is 4. The van der Waals surface area contributed by atoms with Crippen molar-refractivity contribution in [1.29, 1.82) is 0 Å². The fourth-order valence-electron chi connectivity index (χ4n) is 2.87. The van der Waals surface area contributed by atoms with Crippen molar-refractivity contribution >= 4 is 39.0 Å². The van der Waals surface area contributed by atoms with E-state index in [0.717, 1.165) is 11.3 Å². The number of nitrogens with zero attached hydrogens (tertiary/aromatic N) is 1. The highest BCUT2D eigenvalue weighted by molar-refractivity contribution is 7.93. The Balaban J connectivity index is 1.81. The molecule has 2 heterocycles. The molecule has 0 bridgehead atoms. The van der Waals surface area contributed by atoms with Crippen LogP contribution in [0.5, 0.6) is 0 Å². The van der Waals surface area contributed by atoms with Gasteiger partial charge in [-0.05, 0) is 42.0 Å². The average Bonchev–Trinajstić information content (AvgIpc) is 3.12. The number of rotatable bonds is 5. The SMILES string of the molecule is O=C1/C(=C/c2cccs2)CCCN1Cc1ccccc1NS(=O)(=O)C(F)(F)F. The van der Waals surface area contributed by atoms with Crippen LogP contribution in [-0.2, 0) is 21.4 Å². The zero-order chi connectivity index (χ0) is 20.4. The Hall–Kier alpha value is -2.33. The van der Waals surface area contributed by atoms with Gasteiger partial charge < -0.3 is 4.90 Å². The van der Waals surface area contributed by atoms with Gasteiger partial charge in [-0.3, -0.25) is 9.52 Å². The van der Waals surface area contributed by atoms with Gasteiger partial charge in [0.1, 0.15) is 0 Å². The molecule has 28 heavy (non-hydrogen) atoms. The molecule has 0 spiro atoms. The van der Waals surface area contributed by atoms with Crippen LogP contribution in [0.4, 0.5) is 18.9 Å². The number of carbonyl (C=O) groups excluding carboxylic acids is 1. The molecule has 5 nitrogen and oxygen atoms in total. The molecular weight excluding hydrogens is 413 g/mol. The molecule has 1 aliphatic heterocycles. The van der Waals surface area contributed by atoms with Crippen LogP contribution < -0.4 is 4.72 Å². The van der Waals surface area contributed by atoms with Gasteiger partial charge in [0, 0.05) is 23.5 Å². The number of anilines is 1.